The first-order valence-electron chi connectivity index (χ1n) is 5.81. The van der Waals surface area contributed by atoms with Gasteiger partial charge in [0.15, 0.2) is 5.78 Å². The predicted octanol–water partition coefficient (Wildman–Crippen LogP) is 5.52. The summed E-state index contributed by atoms with van der Waals surface area (Å²) in [6.07, 6.45) is 0.127. The number of ketones is 1. The summed E-state index contributed by atoms with van der Waals surface area (Å²) in [5.74, 6) is -0.627. The number of Topliss-reactive ketones (excluding diaryl/α,β-unsaturated/α-hetero) is 1. The van der Waals surface area contributed by atoms with Crippen LogP contribution in [0, 0.1) is 12.7 Å². The first-order chi connectivity index (χ1) is 9.38. The van der Waals surface area contributed by atoms with Crippen molar-refractivity contribution < 1.29 is 9.18 Å². The van der Waals surface area contributed by atoms with Gasteiger partial charge in [-0.1, -0.05) is 40.9 Å². The van der Waals surface area contributed by atoms with Gasteiger partial charge < -0.3 is 0 Å². The van der Waals surface area contributed by atoms with Crippen molar-refractivity contribution in [3.05, 3.63) is 67.9 Å². The van der Waals surface area contributed by atoms with Crippen LogP contribution in [-0.2, 0) is 6.42 Å². The Kier molecular flexibility index (Phi) is 4.69. The van der Waals surface area contributed by atoms with Crippen molar-refractivity contribution in [3.8, 4) is 0 Å². The summed E-state index contributed by atoms with van der Waals surface area (Å²) in [5.41, 5.74) is 1.41. The van der Waals surface area contributed by atoms with Crippen molar-refractivity contribution in [2.75, 3.05) is 0 Å². The highest BCUT2D eigenvalue weighted by Crippen LogP contribution is 2.25. The molecule has 1 nitrogen and oxygen atoms in total. The van der Waals surface area contributed by atoms with Gasteiger partial charge in [-0.25, -0.2) is 4.39 Å². The number of halogens is 4. The topological polar surface area (TPSA) is 17.1 Å². The lowest BCUT2D eigenvalue weighted by molar-refractivity contribution is 0.0993. The van der Waals surface area contributed by atoms with Crippen LogP contribution in [0.5, 0.6) is 0 Å². The second-order valence-electron chi connectivity index (χ2n) is 4.43. The van der Waals surface area contributed by atoms with E-state index >= 15 is 0 Å². The van der Waals surface area contributed by atoms with E-state index in [0.29, 0.717) is 21.2 Å². The third-order valence-corrected chi connectivity index (χ3v) is 3.95. The van der Waals surface area contributed by atoms with Gasteiger partial charge in [-0.3, -0.25) is 4.79 Å². The van der Waals surface area contributed by atoms with Crippen LogP contribution in [-0.4, -0.2) is 5.78 Å². The fourth-order valence-electron chi connectivity index (χ4n) is 1.80. The Morgan fingerprint density at radius 1 is 1.05 bits per heavy atom. The standard InChI is InChI=1S/C15H10Cl3FO/c1-8-4-10(12(17)7-14(8)19)15(20)6-9-2-3-11(16)13(18)5-9/h2-5,7H,6H2,1H3. The molecule has 2 aromatic carbocycles. The molecular weight excluding hydrogens is 322 g/mol. The van der Waals surface area contributed by atoms with Crippen molar-refractivity contribution in [1.29, 1.82) is 0 Å². The Balaban J connectivity index is 2.28. The highest BCUT2D eigenvalue weighted by Gasteiger charge is 2.14. The molecule has 0 N–H and O–H groups in total. The number of carbonyl (C=O) groups is 1. The van der Waals surface area contributed by atoms with Gasteiger partial charge in [-0.2, -0.15) is 0 Å². The van der Waals surface area contributed by atoms with Gasteiger partial charge in [0.1, 0.15) is 5.82 Å². The number of rotatable bonds is 3. The summed E-state index contributed by atoms with van der Waals surface area (Å²) < 4.78 is 13.3. The van der Waals surface area contributed by atoms with E-state index in [1.54, 1.807) is 25.1 Å². The molecule has 0 heterocycles. The maximum Gasteiger partial charge on any atom is 0.168 e. The lowest BCUT2D eigenvalue weighted by Crippen LogP contribution is -2.05. The molecule has 2 rings (SSSR count). The summed E-state index contributed by atoms with van der Waals surface area (Å²) in [4.78, 5) is 12.2. The molecule has 0 saturated heterocycles. The molecule has 0 fully saturated rings. The Hall–Kier alpha value is -1.09. The molecule has 0 aliphatic heterocycles. The summed E-state index contributed by atoms with van der Waals surface area (Å²) in [6, 6.07) is 7.59. The van der Waals surface area contributed by atoms with Crippen molar-refractivity contribution in [2.45, 2.75) is 13.3 Å². The van der Waals surface area contributed by atoms with E-state index < -0.39 is 5.82 Å². The zero-order chi connectivity index (χ0) is 14.9. The van der Waals surface area contributed by atoms with Crippen LogP contribution in [0.4, 0.5) is 4.39 Å². The average Bonchev–Trinajstić information content (AvgIpc) is 2.38. The minimum atomic E-state index is -0.430. The van der Waals surface area contributed by atoms with E-state index in [9.17, 15) is 9.18 Å². The molecule has 0 spiro atoms. The summed E-state index contributed by atoms with van der Waals surface area (Å²) in [7, 11) is 0. The maximum absolute atomic E-state index is 13.3. The molecule has 0 saturated carbocycles. The van der Waals surface area contributed by atoms with Gasteiger partial charge >= 0.3 is 0 Å². The van der Waals surface area contributed by atoms with E-state index in [1.165, 1.54) is 6.07 Å². The van der Waals surface area contributed by atoms with Crippen LogP contribution in [0.3, 0.4) is 0 Å². The first kappa shape index (κ1) is 15.3. The van der Waals surface area contributed by atoms with Gasteiger partial charge in [0, 0.05) is 12.0 Å². The average molecular weight is 332 g/mol. The van der Waals surface area contributed by atoms with Crippen molar-refractivity contribution in [2.24, 2.45) is 0 Å². The molecule has 0 aliphatic carbocycles. The lowest BCUT2D eigenvalue weighted by Gasteiger charge is -2.07. The third-order valence-electron chi connectivity index (χ3n) is 2.90. The number of aryl methyl sites for hydroxylation is 1. The highest BCUT2D eigenvalue weighted by molar-refractivity contribution is 6.42. The molecule has 0 amide bonds. The van der Waals surface area contributed by atoms with Crippen LogP contribution in [0.1, 0.15) is 21.5 Å². The van der Waals surface area contributed by atoms with Crippen molar-refractivity contribution >= 4 is 40.6 Å². The Morgan fingerprint density at radius 3 is 2.40 bits per heavy atom. The number of carbonyl (C=O) groups excluding carboxylic acids is 1. The monoisotopic (exact) mass is 330 g/mol. The van der Waals surface area contributed by atoms with Gasteiger partial charge in [0.25, 0.3) is 0 Å². The fraction of sp³-hybridized carbons (Fsp3) is 0.133. The van der Waals surface area contributed by atoms with Crippen LogP contribution >= 0.6 is 34.8 Å². The van der Waals surface area contributed by atoms with E-state index in [-0.39, 0.29) is 17.2 Å². The highest BCUT2D eigenvalue weighted by atomic mass is 35.5. The number of benzene rings is 2. The van der Waals surface area contributed by atoms with Crippen LogP contribution in [0.2, 0.25) is 15.1 Å². The Labute approximate surface area is 131 Å². The molecule has 0 radical (unpaired) electrons. The Morgan fingerprint density at radius 2 is 1.75 bits per heavy atom. The van der Waals surface area contributed by atoms with E-state index in [4.69, 9.17) is 34.8 Å². The molecule has 0 aromatic heterocycles. The van der Waals surface area contributed by atoms with Crippen LogP contribution in [0.25, 0.3) is 0 Å². The molecule has 2 aromatic rings. The van der Waals surface area contributed by atoms with Crippen LogP contribution < -0.4 is 0 Å². The van der Waals surface area contributed by atoms with Gasteiger partial charge in [-0.15, -0.1) is 0 Å². The first-order valence-corrected chi connectivity index (χ1v) is 6.94. The lowest BCUT2D eigenvalue weighted by atomic mass is 10.0. The van der Waals surface area contributed by atoms with E-state index in [2.05, 4.69) is 0 Å². The molecule has 0 aliphatic rings. The quantitative estimate of drug-likeness (QED) is 0.677. The normalized spacial score (nSPS) is 10.7. The molecule has 0 bridgehead atoms. The maximum atomic E-state index is 13.3. The van der Waals surface area contributed by atoms with Crippen molar-refractivity contribution in [3.63, 3.8) is 0 Å². The minimum Gasteiger partial charge on any atom is -0.294 e. The largest absolute Gasteiger partial charge is 0.294 e. The summed E-state index contributed by atoms with van der Waals surface area (Å²) in [6.45, 7) is 1.58. The minimum absolute atomic E-state index is 0.109. The summed E-state index contributed by atoms with van der Waals surface area (Å²) in [5, 5.41) is 0.926. The molecule has 0 atom stereocenters. The molecular formula is C15H10Cl3FO. The van der Waals surface area contributed by atoms with Gasteiger partial charge in [-0.05, 0) is 42.3 Å². The molecule has 104 valence electrons. The van der Waals surface area contributed by atoms with E-state index in [1.807, 2.05) is 0 Å². The smallest absolute Gasteiger partial charge is 0.168 e. The van der Waals surface area contributed by atoms with Crippen molar-refractivity contribution in [1.82, 2.24) is 0 Å². The second-order valence-corrected chi connectivity index (χ2v) is 5.65. The third kappa shape index (κ3) is 3.32. The zero-order valence-corrected chi connectivity index (χ0v) is 12.8. The summed E-state index contributed by atoms with van der Waals surface area (Å²) >= 11 is 17.6. The SMILES string of the molecule is Cc1cc(C(=O)Cc2ccc(Cl)c(Cl)c2)c(Cl)cc1F. The number of hydrogen-bond acceptors (Lipinski definition) is 1. The molecule has 5 heteroatoms. The Bertz CT molecular complexity index is 683. The van der Waals surface area contributed by atoms with Gasteiger partial charge in [0.2, 0.25) is 0 Å². The second kappa shape index (κ2) is 6.13. The van der Waals surface area contributed by atoms with E-state index in [0.717, 1.165) is 11.6 Å². The zero-order valence-electron chi connectivity index (χ0n) is 10.5. The fourth-order valence-corrected chi connectivity index (χ4v) is 2.38. The van der Waals surface area contributed by atoms with Gasteiger partial charge in [0.05, 0.1) is 15.1 Å². The molecule has 0 unspecified atom stereocenters. The molecule has 20 heavy (non-hydrogen) atoms. The number of hydrogen-bond donors (Lipinski definition) is 0. The predicted molar refractivity (Wildman–Crippen MR) is 80.6 cm³/mol. The van der Waals surface area contributed by atoms with Crippen LogP contribution in [0.15, 0.2) is 30.3 Å².